The molecule has 6 nitrogen and oxygen atoms in total. The van der Waals surface area contributed by atoms with Crippen LogP contribution in [0.4, 0.5) is 0 Å². The monoisotopic (exact) mass is 895 g/mol. The molecule has 0 fully saturated rings. The van der Waals surface area contributed by atoms with Crippen LogP contribution >= 0.6 is 0 Å². The second-order valence-corrected chi connectivity index (χ2v) is 18.1. The average molecular weight is 895 g/mol. The fourth-order valence-corrected chi connectivity index (χ4v) is 7.69. The van der Waals surface area contributed by atoms with Crippen LogP contribution in [0.25, 0.3) is 0 Å². The molecule has 0 aliphatic carbocycles. The summed E-state index contributed by atoms with van der Waals surface area (Å²) < 4.78 is 16.8. The Morgan fingerprint density at radius 3 is 1.05 bits per heavy atom. The molecule has 6 heteroatoms. The maximum Gasteiger partial charge on any atom is 0.306 e. The summed E-state index contributed by atoms with van der Waals surface area (Å²) in [6.45, 7) is 6.48. The Balaban J connectivity index is 4.42. The van der Waals surface area contributed by atoms with E-state index in [-0.39, 0.29) is 37.5 Å². The lowest BCUT2D eigenvalue weighted by molar-refractivity contribution is -0.166. The highest BCUT2D eigenvalue weighted by atomic mass is 16.6. The fourth-order valence-electron chi connectivity index (χ4n) is 7.69. The largest absolute Gasteiger partial charge is 0.462 e. The van der Waals surface area contributed by atoms with Gasteiger partial charge in [-0.3, -0.25) is 14.4 Å². The molecule has 0 saturated heterocycles. The molecule has 0 radical (unpaired) electrons. The van der Waals surface area contributed by atoms with Gasteiger partial charge >= 0.3 is 17.9 Å². The van der Waals surface area contributed by atoms with Crippen molar-refractivity contribution in [3.8, 4) is 0 Å². The van der Waals surface area contributed by atoms with Crippen LogP contribution < -0.4 is 0 Å². The summed E-state index contributed by atoms with van der Waals surface area (Å²) in [5.41, 5.74) is 0. The third-order valence-corrected chi connectivity index (χ3v) is 11.8. The van der Waals surface area contributed by atoms with Gasteiger partial charge in [-0.15, -0.1) is 0 Å². The van der Waals surface area contributed by atoms with Crippen LogP contribution in [0.5, 0.6) is 0 Å². The molecule has 0 amide bonds. The number of carbonyl (C=O) groups is 3. The van der Waals surface area contributed by atoms with E-state index in [0.29, 0.717) is 19.3 Å². The highest BCUT2D eigenvalue weighted by Gasteiger charge is 2.19. The molecule has 0 rings (SSSR count). The van der Waals surface area contributed by atoms with E-state index in [1.165, 1.54) is 141 Å². The van der Waals surface area contributed by atoms with E-state index in [4.69, 9.17) is 14.2 Å². The summed E-state index contributed by atoms with van der Waals surface area (Å²) in [7, 11) is 0. The van der Waals surface area contributed by atoms with Crippen LogP contribution in [0.3, 0.4) is 0 Å². The molecule has 0 saturated carbocycles. The Kier molecular flexibility index (Phi) is 50.4. The summed E-state index contributed by atoms with van der Waals surface area (Å²) in [5, 5.41) is 0. The van der Waals surface area contributed by atoms with Crippen LogP contribution in [0.1, 0.15) is 271 Å². The Morgan fingerprint density at radius 2 is 0.641 bits per heavy atom. The molecule has 0 aliphatic heterocycles. The number of hydrogen-bond acceptors (Lipinski definition) is 6. The van der Waals surface area contributed by atoms with E-state index in [1.54, 1.807) is 0 Å². The Hall–Kier alpha value is -2.89. The van der Waals surface area contributed by atoms with Crippen molar-refractivity contribution in [1.82, 2.24) is 0 Å². The van der Waals surface area contributed by atoms with E-state index < -0.39 is 6.10 Å². The van der Waals surface area contributed by atoms with Gasteiger partial charge in [0.05, 0.1) is 0 Å². The van der Waals surface area contributed by atoms with Gasteiger partial charge in [0.1, 0.15) is 13.2 Å². The maximum absolute atomic E-state index is 12.8. The third-order valence-electron chi connectivity index (χ3n) is 11.8. The van der Waals surface area contributed by atoms with Crippen molar-refractivity contribution in [3.05, 3.63) is 60.8 Å². The topological polar surface area (TPSA) is 78.9 Å². The number of carbonyl (C=O) groups excluding carboxylic acids is 3. The molecule has 0 aromatic heterocycles. The van der Waals surface area contributed by atoms with E-state index in [2.05, 4.69) is 75.5 Å². The Morgan fingerprint density at radius 1 is 0.328 bits per heavy atom. The minimum absolute atomic E-state index is 0.0944. The number of unbranched alkanes of at least 4 members (excludes halogenated alkanes) is 28. The molecular formula is C58H102O6. The molecule has 0 heterocycles. The van der Waals surface area contributed by atoms with Gasteiger partial charge in [0, 0.05) is 19.3 Å². The van der Waals surface area contributed by atoms with Crippen molar-refractivity contribution >= 4 is 17.9 Å². The predicted octanol–water partition coefficient (Wildman–Crippen LogP) is 18.0. The average Bonchev–Trinajstić information content (AvgIpc) is 3.29. The molecule has 0 N–H and O–H groups in total. The molecule has 0 aliphatic rings. The van der Waals surface area contributed by atoms with Crippen molar-refractivity contribution in [2.24, 2.45) is 0 Å². The Bertz CT molecular complexity index is 1170. The van der Waals surface area contributed by atoms with Gasteiger partial charge in [0.15, 0.2) is 6.10 Å². The molecule has 370 valence electrons. The number of rotatable bonds is 49. The highest BCUT2D eigenvalue weighted by molar-refractivity contribution is 5.71. The van der Waals surface area contributed by atoms with Gasteiger partial charge in [0.25, 0.3) is 0 Å². The van der Waals surface area contributed by atoms with E-state index in [9.17, 15) is 14.4 Å². The normalized spacial score (nSPS) is 12.5. The zero-order valence-electron chi connectivity index (χ0n) is 42.3. The van der Waals surface area contributed by atoms with Crippen LogP contribution in [-0.2, 0) is 28.6 Å². The van der Waals surface area contributed by atoms with Crippen LogP contribution in [0.15, 0.2) is 60.8 Å². The SMILES string of the molecule is CC/C=C\C/C=C\C/C=C\CCCCCCCCC(=O)OC(COC(=O)CC/C=C\C/C=C\CCCCCCCC)COC(=O)CCCCCCCCCCCCCCCCCCC. The molecule has 1 unspecified atom stereocenters. The minimum Gasteiger partial charge on any atom is -0.462 e. The second-order valence-electron chi connectivity index (χ2n) is 18.1. The lowest BCUT2D eigenvalue weighted by Crippen LogP contribution is -2.30. The Labute approximate surface area is 396 Å². The number of hydrogen-bond donors (Lipinski definition) is 0. The van der Waals surface area contributed by atoms with Crippen molar-refractivity contribution in [2.45, 2.75) is 277 Å². The van der Waals surface area contributed by atoms with E-state index in [1.807, 2.05) is 6.08 Å². The summed E-state index contributed by atoms with van der Waals surface area (Å²) in [6, 6.07) is 0. The zero-order chi connectivity index (χ0) is 46.5. The first-order valence-electron chi connectivity index (χ1n) is 27.3. The van der Waals surface area contributed by atoms with Gasteiger partial charge in [0.2, 0.25) is 0 Å². The van der Waals surface area contributed by atoms with Gasteiger partial charge in [-0.05, 0) is 70.6 Å². The third kappa shape index (κ3) is 50.1. The van der Waals surface area contributed by atoms with Gasteiger partial charge in [-0.1, -0.05) is 242 Å². The van der Waals surface area contributed by atoms with Gasteiger partial charge < -0.3 is 14.2 Å². The summed E-state index contributed by atoms with van der Waals surface area (Å²) >= 11 is 0. The van der Waals surface area contributed by atoms with E-state index in [0.717, 1.165) is 83.5 Å². The first-order chi connectivity index (χ1) is 31.5. The zero-order valence-corrected chi connectivity index (χ0v) is 42.3. The summed E-state index contributed by atoms with van der Waals surface area (Å²) in [6.07, 6.45) is 65.1. The molecule has 0 spiro atoms. The van der Waals surface area contributed by atoms with Gasteiger partial charge in [-0.2, -0.15) is 0 Å². The molecule has 1 atom stereocenters. The van der Waals surface area contributed by atoms with E-state index >= 15 is 0 Å². The van der Waals surface area contributed by atoms with Gasteiger partial charge in [-0.25, -0.2) is 0 Å². The molecule has 64 heavy (non-hydrogen) atoms. The standard InChI is InChI=1S/C58H102O6/c1-4-7-10-13-16-19-22-25-27-29-31-33-36-39-42-45-48-51-57(60)63-54-55(53-62-56(59)50-47-44-41-38-35-32-24-21-18-15-12-9-6-3)64-58(61)52-49-46-43-40-37-34-30-28-26-23-20-17-14-11-8-5-2/h8,11,17,20,26,28,32,35,41,44,55H,4-7,9-10,12-16,18-19,21-25,27,29-31,33-34,36-40,42-43,45-54H2,1-3H3/b11-8-,20-17-,28-26-,35-32-,44-41-. The molecule has 0 aromatic carbocycles. The predicted molar refractivity (Wildman–Crippen MR) is 275 cm³/mol. The smallest absolute Gasteiger partial charge is 0.306 e. The lowest BCUT2D eigenvalue weighted by atomic mass is 10.0. The van der Waals surface area contributed by atoms with Crippen molar-refractivity contribution < 1.29 is 28.6 Å². The lowest BCUT2D eigenvalue weighted by Gasteiger charge is -2.18. The fraction of sp³-hybridized carbons (Fsp3) is 0.776. The highest BCUT2D eigenvalue weighted by Crippen LogP contribution is 2.16. The molecule has 0 aromatic rings. The first-order valence-corrected chi connectivity index (χ1v) is 27.3. The second kappa shape index (κ2) is 52.7. The quantitative estimate of drug-likeness (QED) is 0.0262. The number of ether oxygens (including phenoxy) is 3. The molecule has 0 bridgehead atoms. The van der Waals surface area contributed by atoms with Crippen LogP contribution in [0, 0.1) is 0 Å². The first kappa shape index (κ1) is 61.1. The number of esters is 3. The van der Waals surface area contributed by atoms with Crippen LogP contribution in [-0.4, -0.2) is 37.2 Å². The maximum atomic E-state index is 12.8. The van der Waals surface area contributed by atoms with Crippen molar-refractivity contribution in [1.29, 1.82) is 0 Å². The minimum atomic E-state index is -0.801. The number of allylic oxidation sites excluding steroid dienone is 10. The summed E-state index contributed by atoms with van der Waals surface area (Å²) in [5.74, 6) is -0.970. The van der Waals surface area contributed by atoms with Crippen molar-refractivity contribution in [3.63, 3.8) is 0 Å². The summed E-state index contributed by atoms with van der Waals surface area (Å²) in [4.78, 5) is 38.0. The van der Waals surface area contributed by atoms with Crippen molar-refractivity contribution in [2.75, 3.05) is 13.2 Å². The molecular weight excluding hydrogens is 793 g/mol. The van der Waals surface area contributed by atoms with Crippen LogP contribution in [0.2, 0.25) is 0 Å².